The molecule has 216 valence electrons. The Bertz CT molecular complexity index is 1080. The summed E-state index contributed by atoms with van der Waals surface area (Å²) in [5.74, 6) is 1.36. The van der Waals surface area contributed by atoms with Gasteiger partial charge < -0.3 is 25.3 Å². The summed E-state index contributed by atoms with van der Waals surface area (Å²) in [6, 6.07) is -0.0463. The number of fused-ring (bicyclic) bond motifs is 2. The van der Waals surface area contributed by atoms with E-state index >= 15 is 0 Å². The molecule has 3 unspecified atom stereocenters. The summed E-state index contributed by atoms with van der Waals surface area (Å²) < 4.78 is 18.1. The fourth-order valence-electron chi connectivity index (χ4n) is 6.28. The Labute approximate surface area is 230 Å². The Morgan fingerprint density at radius 1 is 1.28 bits per heavy atom. The molecule has 3 fully saturated rings. The van der Waals surface area contributed by atoms with E-state index in [1.54, 1.807) is 15.8 Å². The van der Waals surface area contributed by atoms with Crippen LogP contribution in [0.4, 0.5) is 9.59 Å². The predicted octanol–water partition coefficient (Wildman–Crippen LogP) is 4.03. The van der Waals surface area contributed by atoms with Crippen molar-refractivity contribution < 1.29 is 28.6 Å². The van der Waals surface area contributed by atoms with Crippen LogP contribution >= 0.6 is 0 Å². The van der Waals surface area contributed by atoms with Gasteiger partial charge in [-0.05, 0) is 69.3 Å². The standard InChI is InChI=1S/C28H43N5O6/c1-6-19-11-18-12-20(14-21(13-18)39-26(29)35)23(19)31-24(34)22-15-30-33(25(22)38-16-17(2)3)8-7-28(4,5)32-9-10-37-27(32)36/h7-8,15,17-21,23H,6,9-14,16H2,1-5H3,(H2,29,35)(H,31,34)/b8-7+/t18?,19?,20?,21-,23+/m0/s1. The first-order valence-corrected chi connectivity index (χ1v) is 14.1. The molecular formula is C28H43N5O6. The minimum Gasteiger partial charge on any atom is -0.477 e. The Morgan fingerprint density at radius 3 is 2.69 bits per heavy atom. The number of aromatic nitrogens is 2. The van der Waals surface area contributed by atoms with Crippen LogP contribution in [0.3, 0.4) is 0 Å². The van der Waals surface area contributed by atoms with E-state index in [0.717, 1.165) is 25.7 Å². The Balaban J connectivity index is 1.54. The monoisotopic (exact) mass is 545 g/mol. The molecule has 2 bridgehead atoms. The lowest BCUT2D eigenvalue weighted by Crippen LogP contribution is -2.52. The molecule has 3 aliphatic rings. The SMILES string of the molecule is CCC1CC2CC(C[C@@H](OC(N)=O)C2)[C@@H]1NC(=O)c1cnn(/C=C/C(C)(C)N2CCOC2=O)c1OCC(C)C. The highest BCUT2D eigenvalue weighted by Crippen LogP contribution is 2.45. The summed E-state index contributed by atoms with van der Waals surface area (Å²) in [6.07, 6.45) is 8.23. The van der Waals surface area contributed by atoms with Gasteiger partial charge in [0.05, 0.1) is 24.9 Å². The lowest BCUT2D eigenvalue weighted by atomic mass is 9.63. The van der Waals surface area contributed by atoms with Crippen molar-refractivity contribution in [1.82, 2.24) is 20.0 Å². The number of hydrogen-bond donors (Lipinski definition) is 2. The number of primary amides is 1. The molecule has 1 aliphatic heterocycles. The van der Waals surface area contributed by atoms with Gasteiger partial charge in [0.25, 0.3) is 5.91 Å². The Hall–Kier alpha value is -3.24. The van der Waals surface area contributed by atoms with Crippen molar-refractivity contribution in [2.24, 2.45) is 29.4 Å². The quantitative estimate of drug-likeness (QED) is 0.453. The maximum absolute atomic E-state index is 13.7. The molecule has 1 saturated heterocycles. The Kier molecular flexibility index (Phi) is 8.76. The summed E-state index contributed by atoms with van der Waals surface area (Å²) in [6.45, 7) is 11.4. The molecule has 0 spiro atoms. The number of amides is 3. The van der Waals surface area contributed by atoms with E-state index in [2.05, 4.69) is 17.3 Å². The zero-order valence-electron chi connectivity index (χ0n) is 23.7. The van der Waals surface area contributed by atoms with E-state index < -0.39 is 11.6 Å². The number of nitrogens with one attached hydrogen (secondary N) is 1. The molecule has 1 aromatic rings. The van der Waals surface area contributed by atoms with Crippen molar-refractivity contribution in [3.05, 3.63) is 17.8 Å². The molecule has 11 heteroatoms. The van der Waals surface area contributed by atoms with E-state index in [9.17, 15) is 14.4 Å². The highest BCUT2D eigenvalue weighted by atomic mass is 16.6. The van der Waals surface area contributed by atoms with Crippen molar-refractivity contribution in [2.75, 3.05) is 19.8 Å². The molecule has 0 radical (unpaired) electrons. The summed E-state index contributed by atoms with van der Waals surface area (Å²) >= 11 is 0. The topological polar surface area (TPSA) is 138 Å². The van der Waals surface area contributed by atoms with Gasteiger partial charge in [-0.1, -0.05) is 27.2 Å². The molecule has 0 aromatic carbocycles. The van der Waals surface area contributed by atoms with Crippen LogP contribution in [0.5, 0.6) is 5.88 Å². The van der Waals surface area contributed by atoms with Crippen LogP contribution in [0.15, 0.2) is 12.3 Å². The molecule has 3 N–H and O–H groups in total. The van der Waals surface area contributed by atoms with Crippen molar-refractivity contribution in [2.45, 2.75) is 84.4 Å². The van der Waals surface area contributed by atoms with Crippen LogP contribution in [0.1, 0.15) is 77.1 Å². The van der Waals surface area contributed by atoms with Crippen molar-refractivity contribution in [1.29, 1.82) is 0 Å². The number of carbonyl (C=O) groups excluding carboxylic acids is 3. The van der Waals surface area contributed by atoms with Gasteiger partial charge in [-0.2, -0.15) is 5.10 Å². The lowest BCUT2D eigenvalue weighted by Gasteiger charge is -2.47. The fraction of sp³-hybridized carbons (Fsp3) is 0.714. The molecule has 11 nitrogen and oxygen atoms in total. The lowest BCUT2D eigenvalue weighted by molar-refractivity contribution is -0.00361. The highest BCUT2D eigenvalue weighted by molar-refractivity contribution is 5.96. The Morgan fingerprint density at radius 2 is 2.05 bits per heavy atom. The smallest absolute Gasteiger partial charge is 0.410 e. The number of ether oxygens (including phenoxy) is 3. The maximum atomic E-state index is 13.7. The number of rotatable bonds is 10. The predicted molar refractivity (Wildman–Crippen MR) is 145 cm³/mol. The summed E-state index contributed by atoms with van der Waals surface area (Å²) in [7, 11) is 0. The molecule has 3 amide bonds. The van der Waals surface area contributed by atoms with Crippen LogP contribution in [0, 0.1) is 23.7 Å². The summed E-state index contributed by atoms with van der Waals surface area (Å²) in [4.78, 5) is 38.8. The normalized spacial score (nSPS) is 27.1. The first-order valence-electron chi connectivity index (χ1n) is 14.1. The maximum Gasteiger partial charge on any atom is 0.410 e. The van der Waals surface area contributed by atoms with Gasteiger partial charge in [0.1, 0.15) is 18.3 Å². The van der Waals surface area contributed by atoms with Gasteiger partial charge in [0.15, 0.2) is 0 Å². The molecular weight excluding hydrogens is 502 g/mol. The second-order valence-corrected chi connectivity index (χ2v) is 12.0. The number of cyclic esters (lactones) is 1. The first-order chi connectivity index (χ1) is 18.5. The highest BCUT2D eigenvalue weighted by Gasteiger charge is 2.44. The second-order valence-electron chi connectivity index (χ2n) is 12.0. The van der Waals surface area contributed by atoms with Crippen molar-refractivity contribution in [3.63, 3.8) is 0 Å². The summed E-state index contributed by atoms with van der Waals surface area (Å²) in [5.41, 5.74) is 5.04. The average Bonchev–Trinajstić information content (AvgIpc) is 3.48. The van der Waals surface area contributed by atoms with Crippen molar-refractivity contribution in [3.8, 4) is 5.88 Å². The van der Waals surface area contributed by atoms with E-state index in [0.29, 0.717) is 49.5 Å². The van der Waals surface area contributed by atoms with Gasteiger partial charge in [-0.3, -0.25) is 9.69 Å². The van der Waals surface area contributed by atoms with Crippen LogP contribution in [0.25, 0.3) is 6.20 Å². The zero-order chi connectivity index (χ0) is 28.3. The third-order valence-corrected chi connectivity index (χ3v) is 8.18. The average molecular weight is 546 g/mol. The largest absolute Gasteiger partial charge is 0.477 e. The van der Waals surface area contributed by atoms with Gasteiger partial charge in [0, 0.05) is 12.2 Å². The second kappa shape index (κ2) is 11.9. The van der Waals surface area contributed by atoms with Gasteiger partial charge in [-0.15, -0.1) is 0 Å². The van der Waals surface area contributed by atoms with Gasteiger partial charge in [0.2, 0.25) is 5.88 Å². The molecule has 39 heavy (non-hydrogen) atoms. The van der Waals surface area contributed by atoms with E-state index in [-0.39, 0.29) is 36.0 Å². The van der Waals surface area contributed by atoms with Gasteiger partial charge in [-0.25, -0.2) is 14.3 Å². The van der Waals surface area contributed by atoms with E-state index in [1.807, 2.05) is 33.8 Å². The van der Waals surface area contributed by atoms with Crippen LogP contribution in [-0.2, 0) is 9.47 Å². The number of carbonyl (C=O) groups is 3. The first kappa shape index (κ1) is 28.8. The third kappa shape index (κ3) is 6.67. The fourth-order valence-corrected chi connectivity index (χ4v) is 6.28. The van der Waals surface area contributed by atoms with Crippen LogP contribution < -0.4 is 15.8 Å². The van der Waals surface area contributed by atoms with Crippen molar-refractivity contribution >= 4 is 24.3 Å². The van der Waals surface area contributed by atoms with Gasteiger partial charge >= 0.3 is 12.2 Å². The van der Waals surface area contributed by atoms with E-state index in [4.69, 9.17) is 19.9 Å². The number of nitrogens with zero attached hydrogens (tertiary/aromatic N) is 3. The minimum atomic E-state index is -0.746. The zero-order valence-corrected chi connectivity index (χ0v) is 23.7. The summed E-state index contributed by atoms with van der Waals surface area (Å²) in [5, 5.41) is 7.73. The molecule has 5 atom stereocenters. The number of nitrogens with two attached hydrogens (primary N) is 1. The molecule has 4 rings (SSSR count). The van der Waals surface area contributed by atoms with Crippen LogP contribution in [-0.4, -0.2) is 70.2 Å². The molecule has 2 aliphatic carbocycles. The minimum absolute atomic E-state index is 0.0463. The van der Waals surface area contributed by atoms with E-state index in [1.165, 1.54) is 6.20 Å². The number of hydrogen-bond acceptors (Lipinski definition) is 7. The third-order valence-electron chi connectivity index (χ3n) is 8.18. The molecule has 2 saturated carbocycles. The van der Waals surface area contributed by atoms with Crippen LogP contribution in [0.2, 0.25) is 0 Å². The molecule has 1 aromatic heterocycles. The molecule has 2 heterocycles.